The second-order valence-corrected chi connectivity index (χ2v) is 4.17. The maximum atomic E-state index is 3.96. The van der Waals surface area contributed by atoms with Crippen LogP contribution < -0.4 is 0 Å². The van der Waals surface area contributed by atoms with Crippen LogP contribution in [0.5, 0.6) is 0 Å². The van der Waals surface area contributed by atoms with Gasteiger partial charge in [-0.3, -0.25) is 0 Å². The van der Waals surface area contributed by atoms with E-state index in [-0.39, 0.29) is 21.1 Å². The van der Waals surface area contributed by atoms with E-state index >= 15 is 0 Å². The maximum Gasteiger partial charge on any atom is 0 e. The Labute approximate surface area is 118 Å². The van der Waals surface area contributed by atoms with Crippen molar-refractivity contribution in [3.8, 4) is 0 Å². The van der Waals surface area contributed by atoms with E-state index in [1.54, 1.807) is 0 Å². The molecule has 0 saturated heterocycles. The average molecular weight is 393 g/mol. The SMILES string of the molecule is [CH2-]c1cccc(Cc2cccc(CC)c2)c1.[W]. The molecule has 0 aromatic heterocycles. The van der Waals surface area contributed by atoms with Crippen LogP contribution in [0, 0.1) is 6.92 Å². The fraction of sp³-hybridized carbons (Fsp3) is 0.188. The summed E-state index contributed by atoms with van der Waals surface area (Å²) in [5, 5.41) is 0. The molecule has 0 heterocycles. The number of hydrogen-bond acceptors (Lipinski definition) is 0. The van der Waals surface area contributed by atoms with Gasteiger partial charge in [0.25, 0.3) is 0 Å². The summed E-state index contributed by atoms with van der Waals surface area (Å²) < 4.78 is 0. The van der Waals surface area contributed by atoms with Gasteiger partial charge in [-0.15, -0.1) is 6.07 Å². The molecule has 0 aliphatic rings. The predicted molar refractivity (Wildman–Crippen MR) is 69.5 cm³/mol. The van der Waals surface area contributed by atoms with Gasteiger partial charge in [0.05, 0.1) is 0 Å². The number of benzene rings is 2. The molecule has 88 valence electrons. The molecule has 2 rings (SSSR count). The molecule has 0 atom stereocenters. The van der Waals surface area contributed by atoms with Crippen LogP contribution in [0.3, 0.4) is 0 Å². The van der Waals surface area contributed by atoms with Crippen LogP contribution in [0.4, 0.5) is 0 Å². The summed E-state index contributed by atoms with van der Waals surface area (Å²) >= 11 is 0. The quantitative estimate of drug-likeness (QED) is 0.692. The Hall–Kier alpha value is -1.00. The van der Waals surface area contributed by atoms with Gasteiger partial charge in [0.15, 0.2) is 0 Å². The smallest absolute Gasteiger partial charge is 0 e. The summed E-state index contributed by atoms with van der Waals surface area (Å²) in [4.78, 5) is 0. The molecule has 0 saturated carbocycles. The van der Waals surface area contributed by atoms with Crippen LogP contribution in [0.15, 0.2) is 48.5 Å². The minimum Gasteiger partial charge on any atom is -0.199 e. The van der Waals surface area contributed by atoms with Crippen LogP contribution in [0.1, 0.15) is 29.2 Å². The van der Waals surface area contributed by atoms with E-state index in [1.165, 1.54) is 16.7 Å². The molecule has 0 unspecified atom stereocenters. The molecule has 0 aliphatic heterocycles. The molecule has 0 nitrogen and oxygen atoms in total. The Morgan fingerprint density at radius 2 is 1.47 bits per heavy atom. The zero-order valence-corrected chi connectivity index (χ0v) is 13.1. The van der Waals surface area contributed by atoms with Gasteiger partial charge in [-0.05, 0) is 24.0 Å². The third-order valence-corrected chi connectivity index (χ3v) is 2.80. The van der Waals surface area contributed by atoms with Gasteiger partial charge in [-0.1, -0.05) is 42.8 Å². The first-order valence-corrected chi connectivity index (χ1v) is 5.76. The standard InChI is InChI=1S/C16H17.W/c1-3-14-7-5-9-16(11-14)12-15-8-4-6-13(2)10-15;/h4-11H,2-3,12H2,1H3;/q-1;. The van der Waals surface area contributed by atoms with Gasteiger partial charge < -0.3 is 0 Å². The van der Waals surface area contributed by atoms with E-state index in [1.807, 2.05) is 6.07 Å². The van der Waals surface area contributed by atoms with Crippen molar-refractivity contribution in [2.24, 2.45) is 0 Å². The maximum absolute atomic E-state index is 3.96. The normalized spacial score (nSPS) is 9.71. The van der Waals surface area contributed by atoms with Gasteiger partial charge in [0.1, 0.15) is 0 Å². The molecule has 17 heavy (non-hydrogen) atoms. The van der Waals surface area contributed by atoms with Crippen molar-refractivity contribution in [2.75, 3.05) is 0 Å². The molecular weight excluding hydrogens is 376 g/mol. The molecular formula is C16H17W-. The van der Waals surface area contributed by atoms with Crippen LogP contribution in [0.25, 0.3) is 0 Å². The summed E-state index contributed by atoms with van der Waals surface area (Å²) in [6, 6.07) is 17.2. The Kier molecular flexibility index (Phi) is 5.51. The molecule has 0 radical (unpaired) electrons. The largest absolute Gasteiger partial charge is 0.199 e. The zero-order chi connectivity index (χ0) is 11.4. The third kappa shape index (κ3) is 4.06. The van der Waals surface area contributed by atoms with Crippen LogP contribution in [0.2, 0.25) is 0 Å². The van der Waals surface area contributed by atoms with E-state index in [9.17, 15) is 0 Å². The first-order valence-electron chi connectivity index (χ1n) is 5.76. The zero-order valence-electron chi connectivity index (χ0n) is 10.1. The Bertz CT molecular complexity index is 474. The fourth-order valence-corrected chi connectivity index (χ4v) is 1.93. The van der Waals surface area contributed by atoms with Crippen LogP contribution in [-0.2, 0) is 33.9 Å². The van der Waals surface area contributed by atoms with E-state index in [4.69, 9.17) is 0 Å². The molecule has 0 bridgehead atoms. The van der Waals surface area contributed by atoms with Crippen molar-refractivity contribution in [3.63, 3.8) is 0 Å². The summed E-state index contributed by atoms with van der Waals surface area (Å²) in [6.07, 6.45) is 2.10. The average Bonchev–Trinajstić information content (AvgIpc) is 2.29. The summed E-state index contributed by atoms with van der Waals surface area (Å²) in [7, 11) is 0. The van der Waals surface area contributed by atoms with Crippen LogP contribution in [-0.4, -0.2) is 0 Å². The molecule has 1 heteroatoms. The predicted octanol–water partition coefficient (Wildman–Crippen LogP) is 4.02. The van der Waals surface area contributed by atoms with E-state index in [0.29, 0.717) is 0 Å². The van der Waals surface area contributed by atoms with E-state index < -0.39 is 0 Å². The second kappa shape index (κ2) is 6.67. The summed E-state index contributed by atoms with van der Waals surface area (Å²) in [5.41, 5.74) is 5.21. The molecule has 0 amide bonds. The van der Waals surface area contributed by atoms with Crippen molar-refractivity contribution in [3.05, 3.63) is 77.7 Å². The van der Waals surface area contributed by atoms with Crippen molar-refractivity contribution in [1.82, 2.24) is 0 Å². The number of hydrogen-bond donors (Lipinski definition) is 0. The Morgan fingerprint density at radius 1 is 0.882 bits per heavy atom. The van der Waals surface area contributed by atoms with Gasteiger partial charge in [-0.2, -0.15) is 24.6 Å². The first-order chi connectivity index (χ1) is 7.78. The number of rotatable bonds is 3. The van der Waals surface area contributed by atoms with Crippen LogP contribution >= 0.6 is 0 Å². The monoisotopic (exact) mass is 393 g/mol. The summed E-state index contributed by atoms with van der Waals surface area (Å²) in [6.45, 7) is 6.15. The molecule has 0 spiro atoms. The van der Waals surface area contributed by atoms with Gasteiger partial charge in [0, 0.05) is 21.1 Å². The second-order valence-electron chi connectivity index (χ2n) is 4.17. The van der Waals surface area contributed by atoms with Gasteiger partial charge in [-0.25, -0.2) is 0 Å². The molecule has 0 aliphatic carbocycles. The van der Waals surface area contributed by atoms with Gasteiger partial charge in [0.2, 0.25) is 0 Å². The van der Waals surface area contributed by atoms with E-state index in [2.05, 4.69) is 56.3 Å². The third-order valence-electron chi connectivity index (χ3n) is 2.80. The Morgan fingerprint density at radius 3 is 2.12 bits per heavy atom. The van der Waals surface area contributed by atoms with Gasteiger partial charge >= 0.3 is 0 Å². The first kappa shape index (κ1) is 14.1. The fourth-order valence-electron chi connectivity index (χ4n) is 1.93. The van der Waals surface area contributed by atoms with Crippen molar-refractivity contribution >= 4 is 0 Å². The van der Waals surface area contributed by atoms with E-state index in [0.717, 1.165) is 18.4 Å². The molecule has 0 N–H and O–H groups in total. The topological polar surface area (TPSA) is 0 Å². The minimum atomic E-state index is 0. The molecule has 2 aromatic rings. The molecule has 2 aromatic carbocycles. The summed E-state index contributed by atoms with van der Waals surface area (Å²) in [5.74, 6) is 0. The molecule has 0 fully saturated rings. The van der Waals surface area contributed by atoms with Crippen molar-refractivity contribution < 1.29 is 21.1 Å². The minimum absolute atomic E-state index is 0. The number of aryl methyl sites for hydroxylation is 1. The van der Waals surface area contributed by atoms with Crippen molar-refractivity contribution in [2.45, 2.75) is 19.8 Å². The van der Waals surface area contributed by atoms with Crippen molar-refractivity contribution in [1.29, 1.82) is 0 Å². The Balaban J connectivity index is 0.00000144.